The van der Waals surface area contributed by atoms with Crippen molar-refractivity contribution in [2.24, 2.45) is 0 Å². The first-order chi connectivity index (χ1) is 8.63. The first-order valence-corrected chi connectivity index (χ1v) is 5.61. The molecular weight excluding hydrogens is 228 g/mol. The topological polar surface area (TPSA) is 77.8 Å². The van der Waals surface area contributed by atoms with E-state index in [0.717, 1.165) is 22.5 Å². The maximum Gasteiger partial charge on any atom is 0.229 e. The molecule has 2 N–H and O–H groups in total. The largest absolute Gasteiger partial charge is 0.436 e. The first-order valence-electron chi connectivity index (χ1n) is 5.61. The van der Waals surface area contributed by atoms with Crippen molar-refractivity contribution in [3.63, 3.8) is 0 Å². The van der Waals surface area contributed by atoms with E-state index in [9.17, 15) is 0 Å². The molecule has 3 rings (SSSR count). The van der Waals surface area contributed by atoms with Crippen LogP contribution in [-0.4, -0.2) is 15.2 Å². The van der Waals surface area contributed by atoms with Crippen LogP contribution in [0, 0.1) is 13.8 Å². The number of oxazole rings is 1. The van der Waals surface area contributed by atoms with Gasteiger partial charge in [0.1, 0.15) is 5.52 Å². The van der Waals surface area contributed by atoms with Gasteiger partial charge >= 0.3 is 0 Å². The summed E-state index contributed by atoms with van der Waals surface area (Å²) in [7, 11) is 0. The van der Waals surface area contributed by atoms with Crippen molar-refractivity contribution < 1.29 is 4.42 Å². The average Bonchev–Trinajstić information content (AvgIpc) is 2.74. The summed E-state index contributed by atoms with van der Waals surface area (Å²) in [5.74, 6) is 0.547. The van der Waals surface area contributed by atoms with Crippen molar-refractivity contribution in [1.82, 2.24) is 15.2 Å². The summed E-state index contributed by atoms with van der Waals surface area (Å²) >= 11 is 0. The second kappa shape index (κ2) is 3.80. The fraction of sp³-hybridized carbons (Fsp3) is 0.154. The quantitative estimate of drug-likeness (QED) is 0.661. The van der Waals surface area contributed by atoms with E-state index < -0.39 is 0 Å². The van der Waals surface area contributed by atoms with Crippen LogP contribution < -0.4 is 5.73 Å². The summed E-state index contributed by atoms with van der Waals surface area (Å²) in [6.07, 6.45) is 0. The molecule has 0 unspecified atom stereocenters. The molecule has 0 aliphatic rings. The van der Waals surface area contributed by atoms with Crippen molar-refractivity contribution in [3.05, 3.63) is 35.7 Å². The number of benzene rings is 1. The second-order valence-electron chi connectivity index (χ2n) is 4.23. The maximum atomic E-state index is 5.72. The zero-order valence-electron chi connectivity index (χ0n) is 10.1. The van der Waals surface area contributed by atoms with E-state index in [1.165, 1.54) is 0 Å². The number of anilines is 1. The summed E-state index contributed by atoms with van der Waals surface area (Å²) in [4.78, 5) is 4.43. The Bertz CT molecular complexity index is 733. The number of nitrogens with two attached hydrogens (primary N) is 1. The number of hydrogen-bond acceptors (Lipinski definition) is 5. The van der Waals surface area contributed by atoms with Gasteiger partial charge in [0.2, 0.25) is 5.89 Å². The molecule has 2 heterocycles. The Morgan fingerprint density at radius 3 is 2.78 bits per heavy atom. The zero-order valence-corrected chi connectivity index (χ0v) is 10.1. The van der Waals surface area contributed by atoms with Crippen LogP contribution in [0.1, 0.15) is 11.4 Å². The Morgan fingerprint density at radius 2 is 1.94 bits per heavy atom. The van der Waals surface area contributed by atoms with Crippen molar-refractivity contribution in [2.75, 3.05) is 5.73 Å². The Kier molecular flexibility index (Phi) is 2.26. The Balaban J connectivity index is 2.22. The predicted molar refractivity (Wildman–Crippen MR) is 68.9 cm³/mol. The van der Waals surface area contributed by atoms with E-state index in [0.29, 0.717) is 17.2 Å². The van der Waals surface area contributed by atoms with Crippen LogP contribution in [0.25, 0.3) is 22.6 Å². The zero-order chi connectivity index (χ0) is 12.7. The molecule has 0 spiro atoms. The molecule has 1 aromatic carbocycles. The average molecular weight is 240 g/mol. The van der Waals surface area contributed by atoms with Crippen molar-refractivity contribution in [1.29, 1.82) is 0 Å². The molecule has 0 aliphatic heterocycles. The third-order valence-electron chi connectivity index (χ3n) is 2.74. The second-order valence-corrected chi connectivity index (χ2v) is 4.23. The first kappa shape index (κ1) is 10.7. The van der Waals surface area contributed by atoms with Crippen LogP contribution in [-0.2, 0) is 0 Å². The van der Waals surface area contributed by atoms with Crippen LogP contribution in [0.2, 0.25) is 0 Å². The van der Waals surface area contributed by atoms with Gasteiger partial charge in [0, 0.05) is 5.69 Å². The fourth-order valence-electron chi connectivity index (χ4n) is 1.83. The molecule has 0 fully saturated rings. The minimum absolute atomic E-state index is 0.547. The maximum absolute atomic E-state index is 5.72. The van der Waals surface area contributed by atoms with Gasteiger partial charge < -0.3 is 10.2 Å². The van der Waals surface area contributed by atoms with Gasteiger partial charge in [-0.15, -0.1) is 0 Å². The van der Waals surface area contributed by atoms with Gasteiger partial charge in [-0.1, -0.05) is 0 Å². The summed E-state index contributed by atoms with van der Waals surface area (Å²) in [5, 5.41) is 8.06. The molecule has 0 radical (unpaired) electrons. The summed E-state index contributed by atoms with van der Waals surface area (Å²) < 4.78 is 5.71. The molecule has 0 aliphatic carbocycles. The fourth-order valence-corrected chi connectivity index (χ4v) is 1.83. The molecule has 2 aromatic heterocycles. The highest BCUT2D eigenvalue weighted by Crippen LogP contribution is 2.26. The number of rotatable bonds is 1. The number of nitrogens with zero attached hydrogens (tertiary/aromatic N) is 3. The van der Waals surface area contributed by atoms with E-state index in [1.807, 2.05) is 26.0 Å². The molecule has 18 heavy (non-hydrogen) atoms. The van der Waals surface area contributed by atoms with Gasteiger partial charge in [-0.3, -0.25) is 0 Å². The molecule has 0 atom stereocenters. The number of hydrogen-bond donors (Lipinski definition) is 1. The van der Waals surface area contributed by atoms with Gasteiger partial charge in [-0.25, -0.2) is 4.98 Å². The molecule has 0 bridgehead atoms. The molecule has 3 aromatic rings. The summed E-state index contributed by atoms with van der Waals surface area (Å²) in [6, 6.07) is 7.31. The minimum atomic E-state index is 0.547. The smallest absolute Gasteiger partial charge is 0.229 e. The van der Waals surface area contributed by atoms with Gasteiger partial charge in [-0.05, 0) is 38.1 Å². The van der Waals surface area contributed by atoms with E-state index in [2.05, 4.69) is 15.2 Å². The molecule has 5 nitrogen and oxygen atoms in total. The molecule has 0 amide bonds. The highest BCUT2D eigenvalue weighted by Gasteiger charge is 2.12. The van der Waals surface area contributed by atoms with Gasteiger partial charge in [0.25, 0.3) is 0 Å². The lowest BCUT2D eigenvalue weighted by Gasteiger charge is -1.99. The number of aryl methyl sites for hydroxylation is 2. The minimum Gasteiger partial charge on any atom is -0.436 e. The van der Waals surface area contributed by atoms with Gasteiger partial charge in [0.05, 0.1) is 17.0 Å². The standard InChI is InChI=1S/C13H12N4O/c1-7-5-10(8(2)17-16-7)13-15-11-6-9(14)3-4-12(11)18-13/h3-6H,14H2,1-2H3. The lowest BCUT2D eigenvalue weighted by molar-refractivity contribution is 0.618. The highest BCUT2D eigenvalue weighted by molar-refractivity contribution is 5.79. The summed E-state index contributed by atoms with van der Waals surface area (Å²) in [5.41, 5.74) is 10.3. The van der Waals surface area contributed by atoms with Gasteiger partial charge in [-0.2, -0.15) is 10.2 Å². The lowest BCUT2D eigenvalue weighted by Crippen LogP contribution is -1.93. The number of nitrogen functional groups attached to an aromatic ring is 1. The highest BCUT2D eigenvalue weighted by atomic mass is 16.3. The molecule has 5 heteroatoms. The lowest BCUT2D eigenvalue weighted by atomic mass is 10.2. The molecule has 90 valence electrons. The van der Waals surface area contributed by atoms with E-state index in [4.69, 9.17) is 10.2 Å². The van der Waals surface area contributed by atoms with Crippen molar-refractivity contribution in [3.8, 4) is 11.5 Å². The van der Waals surface area contributed by atoms with Crippen LogP contribution in [0.3, 0.4) is 0 Å². The Hall–Kier alpha value is -2.43. The SMILES string of the molecule is Cc1cc(-c2nc3cc(N)ccc3o2)c(C)nn1. The third kappa shape index (κ3) is 1.69. The van der Waals surface area contributed by atoms with Crippen molar-refractivity contribution >= 4 is 16.8 Å². The van der Waals surface area contributed by atoms with E-state index in [1.54, 1.807) is 12.1 Å². The van der Waals surface area contributed by atoms with Gasteiger partial charge in [0.15, 0.2) is 5.58 Å². The molecule has 0 saturated carbocycles. The molecule has 0 saturated heterocycles. The van der Waals surface area contributed by atoms with Crippen LogP contribution >= 0.6 is 0 Å². The Morgan fingerprint density at radius 1 is 1.11 bits per heavy atom. The predicted octanol–water partition coefficient (Wildman–Crippen LogP) is 2.48. The van der Waals surface area contributed by atoms with Crippen LogP contribution in [0.4, 0.5) is 5.69 Å². The van der Waals surface area contributed by atoms with E-state index in [-0.39, 0.29) is 0 Å². The normalized spacial score (nSPS) is 11.0. The van der Waals surface area contributed by atoms with Crippen molar-refractivity contribution in [2.45, 2.75) is 13.8 Å². The number of fused-ring (bicyclic) bond motifs is 1. The monoisotopic (exact) mass is 240 g/mol. The third-order valence-corrected chi connectivity index (χ3v) is 2.74. The van der Waals surface area contributed by atoms with Crippen LogP contribution in [0.15, 0.2) is 28.7 Å². The van der Waals surface area contributed by atoms with E-state index >= 15 is 0 Å². The Labute approximate surface area is 104 Å². The van der Waals surface area contributed by atoms with Crippen LogP contribution in [0.5, 0.6) is 0 Å². The number of aromatic nitrogens is 3. The molecular formula is C13H12N4O. The summed E-state index contributed by atoms with van der Waals surface area (Å²) in [6.45, 7) is 3.77.